The predicted octanol–water partition coefficient (Wildman–Crippen LogP) is 0.416. The second-order valence-corrected chi connectivity index (χ2v) is 4.29. The van der Waals surface area contributed by atoms with E-state index >= 15 is 0 Å². The molecule has 0 aliphatic heterocycles. The van der Waals surface area contributed by atoms with Crippen LogP contribution in [0, 0.1) is 0 Å². The highest BCUT2D eigenvalue weighted by Gasteiger charge is 2.12. The molecule has 1 unspecified atom stereocenters. The van der Waals surface area contributed by atoms with Crippen molar-refractivity contribution in [3.63, 3.8) is 0 Å². The van der Waals surface area contributed by atoms with Crippen molar-refractivity contribution in [2.75, 3.05) is 6.54 Å². The maximum Gasteiger partial charge on any atom is 0.321 e. The number of nitrogens with zero attached hydrogens (tertiary/aromatic N) is 2. The third kappa shape index (κ3) is 4.86. The minimum absolute atomic E-state index is 0.432. The number of amides is 3. The summed E-state index contributed by atoms with van der Waals surface area (Å²) in [5.74, 6) is -0.509. The van der Waals surface area contributed by atoms with E-state index in [1.165, 1.54) is 6.92 Å². The first-order valence-electron chi connectivity index (χ1n) is 5.19. The topological polar surface area (TPSA) is 76.0 Å². The van der Waals surface area contributed by atoms with E-state index < -0.39 is 17.3 Å². The van der Waals surface area contributed by atoms with Crippen LogP contribution in [-0.2, 0) is 18.3 Å². The molecule has 0 saturated carbocycles. The van der Waals surface area contributed by atoms with Crippen LogP contribution in [0.4, 0.5) is 4.79 Å². The molecule has 2 N–H and O–H groups in total. The highest BCUT2D eigenvalue weighted by atomic mass is 35.5. The Labute approximate surface area is 104 Å². The second kappa shape index (κ2) is 6.24. The molecule has 6 nitrogen and oxygen atoms in total. The number of aromatic nitrogens is 2. The van der Waals surface area contributed by atoms with Crippen LogP contribution in [-0.4, -0.2) is 33.6 Å². The molecule has 0 aromatic carbocycles. The normalized spacial score (nSPS) is 11.9. The Hall–Kier alpha value is -1.56. The minimum atomic E-state index is -0.723. The SMILES string of the molecule is CC(Cl)C(=O)NC(=O)NCCc1cnn(C)c1. The van der Waals surface area contributed by atoms with Gasteiger partial charge in [-0.1, -0.05) is 0 Å². The average Bonchev–Trinajstić information content (AvgIpc) is 2.64. The van der Waals surface area contributed by atoms with Gasteiger partial charge in [0.05, 0.1) is 6.20 Å². The van der Waals surface area contributed by atoms with Crippen molar-refractivity contribution >= 4 is 23.5 Å². The van der Waals surface area contributed by atoms with Gasteiger partial charge in [0.15, 0.2) is 0 Å². The van der Waals surface area contributed by atoms with Crippen LogP contribution >= 0.6 is 11.6 Å². The van der Waals surface area contributed by atoms with Crippen LogP contribution in [0.2, 0.25) is 0 Å². The lowest BCUT2D eigenvalue weighted by Crippen LogP contribution is -2.42. The zero-order valence-electron chi connectivity index (χ0n) is 9.74. The fourth-order valence-electron chi connectivity index (χ4n) is 1.18. The Morgan fingerprint density at radius 1 is 1.59 bits per heavy atom. The number of imide groups is 1. The van der Waals surface area contributed by atoms with Crippen LogP contribution in [0.3, 0.4) is 0 Å². The molecule has 0 spiro atoms. The molecular formula is C10H15ClN4O2. The number of hydrogen-bond acceptors (Lipinski definition) is 3. The number of carbonyl (C=O) groups is 2. The summed E-state index contributed by atoms with van der Waals surface area (Å²) in [4.78, 5) is 22.3. The van der Waals surface area contributed by atoms with Crippen LogP contribution in [0.1, 0.15) is 12.5 Å². The Morgan fingerprint density at radius 2 is 2.29 bits per heavy atom. The Balaban J connectivity index is 2.23. The van der Waals surface area contributed by atoms with Gasteiger partial charge in [-0.3, -0.25) is 14.8 Å². The van der Waals surface area contributed by atoms with Crippen molar-refractivity contribution in [3.8, 4) is 0 Å². The van der Waals surface area contributed by atoms with Crippen molar-refractivity contribution in [1.82, 2.24) is 20.4 Å². The van der Waals surface area contributed by atoms with E-state index in [0.29, 0.717) is 13.0 Å². The number of alkyl halides is 1. The molecule has 0 aliphatic rings. The average molecular weight is 259 g/mol. The quantitative estimate of drug-likeness (QED) is 0.769. The van der Waals surface area contributed by atoms with Gasteiger partial charge >= 0.3 is 6.03 Å². The van der Waals surface area contributed by atoms with Crippen molar-refractivity contribution in [1.29, 1.82) is 0 Å². The molecule has 1 atom stereocenters. The predicted molar refractivity (Wildman–Crippen MR) is 63.8 cm³/mol. The number of halogens is 1. The summed E-state index contributed by atoms with van der Waals surface area (Å²) < 4.78 is 1.69. The van der Waals surface area contributed by atoms with Crippen molar-refractivity contribution < 1.29 is 9.59 Å². The van der Waals surface area contributed by atoms with Gasteiger partial charge in [-0.25, -0.2) is 4.79 Å². The number of carbonyl (C=O) groups excluding carboxylic acids is 2. The number of hydrogen-bond donors (Lipinski definition) is 2. The molecule has 1 rings (SSSR count). The maximum atomic E-state index is 11.2. The van der Waals surface area contributed by atoms with Crippen molar-refractivity contribution in [2.45, 2.75) is 18.7 Å². The standard InChI is InChI=1S/C10H15ClN4O2/c1-7(11)9(16)14-10(17)12-4-3-8-5-13-15(2)6-8/h5-7H,3-4H2,1-2H3,(H2,12,14,16,17). The molecule has 17 heavy (non-hydrogen) atoms. The zero-order valence-corrected chi connectivity index (χ0v) is 10.5. The van der Waals surface area contributed by atoms with Gasteiger partial charge in [-0.15, -0.1) is 11.6 Å². The Morgan fingerprint density at radius 3 is 2.82 bits per heavy atom. The van der Waals surface area contributed by atoms with Gasteiger partial charge in [0.1, 0.15) is 5.38 Å². The molecule has 0 saturated heterocycles. The van der Waals surface area contributed by atoms with Gasteiger partial charge in [0.25, 0.3) is 0 Å². The Kier molecular flexibility index (Phi) is 4.96. The fourth-order valence-corrected chi connectivity index (χ4v) is 1.23. The van der Waals surface area contributed by atoms with Crippen molar-refractivity contribution in [3.05, 3.63) is 18.0 Å². The van der Waals surface area contributed by atoms with Crippen LogP contribution in [0.15, 0.2) is 12.4 Å². The summed E-state index contributed by atoms with van der Waals surface area (Å²) in [6, 6.07) is -0.536. The first-order chi connectivity index (χ1) is 7.99. The molecule has 0 fully saturated rings. The summed E-state index contributed by atoms with van der Waals surface area (Å²) in [5.41, 5.74) is 1.02. The van der Waals surface area contributed by atoms with E-state index in [0.717, 1.165) is 5.56 Å². The minimum Gasteiger partial charge on any atom is -0.337 e. The molecular weight excluding hydrogens is 244 g/mol. The molecule has 0 bridgehead atoms. The molecule has 3 amide bonds. The second-order valence-electron chi connectivity index (χ2n) is 3.63. The highest BCUT2D eigenvalue weighted by Crippen LogP contribution is 1.96. The van der Waals surface area contributed by atoms with E-state index in [1.807, 2.05) is 13.2 Å². The molecule has 0 radical (unpaired) electrons. The van der Waals surface area contributed by atoms with Gasteiger partial charge in [-0.05, 0) is 18.9 Å². The highest BCUT2D eigenvalue weighted by molar-refractivity contribution is 6.31. The Bertz CT molecular complexity index is 403. The van der Waals surface area contributed by atoms with E-state index in [9.17, 15) is 9.59 Å². The molecule has 1 aromatic rings. The van der Waals surface area contributed by atoms with Gasteiger partial charge in [-0.2, -0.15) is 5.10 Å². The first-order valence-corrected chi connectivity index (χ1v) is 5.63. The maximum absolute atomic E-state index is 11.2. The van der Waals surface area contributed by atoms with Gasteiger partial charge in [0, 0.05) is 19.8 Å². The van der Waals surface area contributed by atoms with E-state index in [-0.39, 0.29) is 0 Å². The summed E-state index contributed by atoms with van der Waals surface area (Å²) in [6.45, 7) is 1.93. The fraction of sp³-hybridized carbons (Fsp3) is 0.500. The molecule has 1 heterocycles. The zero-order chi connectivity index (χ0) is 12.8. The largest absolute Gasteiger partial charge is 0.337 e. The van der Waals surface area contributed by atoms with Crippen LogP contribution in [0.5, 0.6) is 0 Å². The summed E-state index contributed by atoms with van der Waals surface area (Å²) in [7, 11) is 1.82. The smallest absolute Gasteiger partial charge is 0.321 e. The lowest BCUT2D eigenvalue weighted by molar-refractivity contribution is -0.119. The summed E-state index contributed by atoms with van der Waals surface area (Å²) in [6.07, 6.45) is 4.25. The van der Waals surface area contributed by atoms with Crippen LogP contribution in [0.25, 0.3) is 0 Å². The van der Waals surface area contributed by atoms with Crippen molar-refractivity contribution in [2.24, 2.45) is 7.05 Å². The summed E-state index contributed by atoms with van der Waals surface area (Å²) >= 11 is 5.50. The molecule has 0 aliphatic carbocycles. The van der Waals surface area contributed by atoms with E-state index in [2.05, 4.69) is 15.7 Å². The number of nitrogens with one attached hydrogen (secondary N) is 2. The molecule has 1 aromatic heterocycles. The molecule has 94 valence electrons. The van der Waals surface area contributed by atoms with Crippen LogP contribution < -0.4 is 10.6 Å². The summed E-state index contributed by atoms with van der Waals surface area (Å²) in [5, 5.41) is 7.97. The van der Waals surface area contributed by atoms with Gasteiger partial charge < -0.3 is 5.32 Å². The lowest BCUT2D eigenvalue weighted by atomic mass is 10.2. The van der Waals surface area contributed by atoms with E-state index in [4.69, 9.17) is 11.6 Å². The van der Waals surface area contributed by atoms with Gasteiger partial charge in [0.2, 0.25) is 5.91 Å². The lowest BCUT2D eigenvalue weighted by Gasteiger charge is -2.06. The first kappa shape index (κ1) is 13.5. The number of urea groups is 1. The third-order valence-electron chi connectivity index (χ3n) is 2.06. The van der Waals surface area contributed by atoms with E-state index in [1.54, 1.807) is 10.9 Å². The number of aryl methyl sites for hydroxylation is 1. The number of rotatable bonds is 4. The monoisotopic (exact) mass is 258 g/mol. The third-order valence-corrected chi connectivity index (χ3v) is 2.25. The molecule has 7 heteroatoms.